The largest absolute Gasteiger partial charge is 0.486 e. The Morgan fingerprint density at radius 1 is 1.20 bits per heavy atom. The lowest BCUT2D eigenvalue weighted by molar-refractivity contribution is -0.135. The minimum absolute atomic E-state index is 0.0835. The molecule has 0 N–H and O–H groups in total. The summed E-state index contributed by atoms with van der Waals surface area (Å²) in [5.41, 5.74) is 0.268. The number of ketones is 1. The molecule has 0 aromatic heterocycles. The Morgan fingerprint density at radius 2 is 1.96 bits per heavy atom. The van der Waals surface area contributed by atoms with Gasteiger partial charge in [-0.25, -0.2) is 0 Å². The van der Waals surface area contributed by atoms with Crippen molar-refractivity contribution >= 4 is 11.7 Å². The average Bonchev–Trinajstić information content (AvgIpc) is 3.26. The fourth-order valence-electron chi connectivity index (χ4n) is 5.54. The summed E-state index contributed by atoms with van der Waals surface area (Å²) in [5.74, 6) is 2.67. The molecule has 0 unspecified atom stereocenters. The molecule has 2 saturated carbocycles. The molecule has 0 bridgehead atoms. The van der Waals surface area contributed by atoms with Crippen LogP contribution in [0.5, 0.6) is 5.75 Å². The number of ether oxygens (including phenoxy) is 1. The first-order valence-corrected chi connectivity index (χ1v) is 9.69. The van der Waals surface area contributed by atoms with Gasteiger partial charge in [0.15, 0.2) is 5.78 Å². The number of hydrogen-bond acceptors (Lipinski definition) is 3. The molecule has 1 saturated heterocycles. The van der Waals surface area contributed by atoms with Gasteiger partial charge in [0.25, 0.3) is 0 Å². The van der Waals surface area contributed by atoms with Crippen molar-refractivity contribution in [2.24, 2.45) is 23.7 Å². The van der Waals surface area contributed by atoms with Gasteiger partial charge in [0.1, 0.15) is 11.4 Å². The first-order valence-electron chi connectivity index (χ1n) is 9.69. The van der Waals surface area contributed by atoms with Gasteiger partial charge in [0, 0.05) is 24.9 Å². The number of carbonyl (C=O) groups excluding carboxylic acids is 2. The van der Waals surface area contributed by atoms with Crippen LogP contribution in [0.2, 0.25) is 0 Å². The third-order valence-corrected chi connectivity index (χ3v) is 7.02. The van der Waals surface area contributed by atoms with E-state index in [1.54, 1.807) is 0 Å². The van der Waals surface area contributed by atoms with Crippen molar-refractivity contribution in [1.29, 1.82) is 0 Å². The Balaban J connectivity index is 1.36. The lowest BCUT2D eigenvalue weighted by atomic mass is 9.84. The zero-order valence-corrected chi connectivity index (χ0v) is 14.7. The van der Waals surface area contributed by atoms with Gasteiger partial charge < -0.3 is 9.64 Å². The lowest BCUT2D eigenvalue weighted by Crippen LogP contribution is -2.45. The number of para-hydroxylation sites is 1. The predicted octanol–water partition coefficient (Wildman–Crippen LogP) is 3.31. The predicted molar refractivity (Wildman–Crippen MR) is 93.4 cm³/mol. The number of Topliss-reactive ketones (excluding diaryl/α,β-unsaturated/α-hetero) is 1. The number of benzene rings is 1. The number of hydrogen-bond donors (Lipinski definition) is 0. The van der Waals surface area contributed by atoms with E-state index in [0.29, 0.717) is 29.6 Å². The summed E-state index contributed by atoms with van der Waals surface area (Å²) in [6, 6.07) is 7.55. The van der Waals surface area contributed by atoms with E-state index in [4.69, 9.17) is 4.74 Å². The Hall–Kier alpha value is -1.84. The van der Waals surface area contributed by atoms with Crippen LogP contribution < -0.4 is 4.74 Å². The van der Waals surface area contributed by atoms with Crippen molar-refractivity contribution in [3.8, 4) is 5.75 Å². The van der Waals surface area contributed by atoms with Crippen LogP contribution in [0.15, 0.2) is 24.3 Å². The highest BCUT2D eigenvalue weighted by atomic mass is 16.5. The number of nitrogens with zero attached hydrogens (tertiary/aromatic N) is 1. The van der Waals surface area contributed by atoms with Crippen molar-refractivity contribution in [2.45, 2.75) is 44.6 Å². The molecule has 4 heteroatoms. The number of likely N-dealkylation sites (tertiary alicyclic amines) is 1. The van der Waals surface area contributed by atoms with Crippen LogP contribution in [0.1, 0.15) is 49.4 Å². The van der Waals surface area contributed by atoms with E-state index in [-0.39, 0.29) is 17.6 Å². The van der Waals surface area contributed by atoms with Gasteiger partial charge in [0.05, 0.1) is 12.0 Å². The van der Waals surface area contributed by atoms with E-state index < -0.39 is 5.60 Å². The minimum atomic E-state index is -0.431. The molecule has 3 fully saturated rings. The summed E-state index contributed by atoms with van der Waals surface area (Å²) in [4.78, 5) is 27.7. The highest BCUT2D eigenvalue weighted by molar-refractivity contribution is 6.00. The molecule has 2 aliphatic heterocycles. The number of carbonyl (C=O) groups is 2. The van der Waals surface area contributed by atoms with Crippen LogP contribution in [-0.4, -0.2) is 35.3 Å². The van der Waals surface area contributed by atoms with E-state index in [2.05, 4.69) is 11.8 Å². The van der Waals surface area contributed by atoms with Crippen LogP contribution in [-0.2, 0) is 4.79 Å². The maximum absolute atomic E-state index is 13.0. The molecule has 1 aromatic rings. The van der Waals surface area contributed by atoms with E-state index in [0.717, 1.165) is 44.7 Å². The molecule has 4 atom stereocenters. The summed E-state index contributed by atoms with van der Waals surface area (Å²) in [5, 5.41) is 0. The monoisotopic (exact) mass is 339 g/mol. The molecule has 132 valence electrons. The van der Waals surface area contributed by atoms with Gasteiger partial charge in [-0.2, -0.15) is 0 Å². The van der Waals surface area contributed by atoms with Crippen LogP contribution in [0.3, 0.4) is 0 Å². The van der Waals surface area contributed by atoms with Crippen molar-refractivity contribution in [2.75, 3.05) is 13.1 Å². The van der Waals surface area contributed by atoms with E-state index >= 15 is 0 Å². The molecule has 1 amide bonds. The van der Waals surface area contributed by atoms with Gasteiger partial charge in [0.2, 0.25) is 5.91 Å². The smallest absolute Gasteiger partial charge is 0.226 e. The fraction of sp³-hybridized carbons (Fsp3) is 0.619. The molecule has 1 spiro atoms. The molecule has 2 heterocycles. The minimum Gasteiger partial charge on any atom is -0.486 e. The van der Waals surface area contributed by atoms with Crippen molar-refractivity contribution in [3.63, 3.8) is 0 Å². The molecular weight excluding hydrogens is 314 g/mol. The number of fused-ring (bicyclic) bond motifs is 3. The normalized spacial score (nSPS) is 36.8. The lowest BCUT2D eigenvalue weighted by Gasteiger charge is -2.38. The second-order valence-corrected chi connectivity index (χ2v) is 8.52. The second-order valence-electron chi connectivity index (χ2n) is 8.52. The SMILES string of the molecule is CC1CCN(C(=O)[C@H]2[C@H]3CC[C@@]4(CC(=O)c5ccccc5O4)[C@@H]32)CC1. The van der Waals surface area contributed by atoms with E-state index in [1.807, 2.05) is 24.3 Å². The fourth-order valence-corrected chi connectivity index (χ4v) is 5.54. The Kier molecular flexibility index (Phi) is 3.28. The first kappa shape index (κ1) is 15.4. The van der Waals surface area contributed by atoms with E-state index in [9.17, 15) is 9.59 Å². The molecule has 4 nitrogen and oxygen atoms in total. The Bertz CT molecular complexity index is 736. The molecule has 25 heavy (non-hydrogen) atoms. The number of rotatable bonds is 1. The van der Waals surface area contributed by atoms with Crippen LogP contribution in [0, 0.1) is 23.7 Å². The maximum Gasteiger partial charge on any atom is 0.226 e. The van der Waals surface area contributed by atoms with Crippen molar-refractivity contribution in [3.05, 3.63) is 29.8 Å². The van der Waals surface area contributed by atoms with Crippen LogP contribution >= 0.6 is 0 Å². The van der Waals surface area contributed by atoms with Gasteiger partial charge >= 0.3 is 0 Å². The van der Waals surface area contributed by atoms with Crippen LogP contribution in [0.4, 0.5) is 0 Å². The van der Waals surface area contributed by atoms with Gasteiger partial charge in [-0.05, 0) is 49.7 Å². The first-order chi connectivity index (χ1) is 12.1. The summed E-state index contributed by atoms with van der Waals surface area (Å²) >= 11 is 0. The quantitative estimate of drug-likeness (QED) is 0.789. The zero-order valence-electron chi connectivity index (χ0n) is 14.7. The molecule has 1 aromatic carbocycles. The number of amides is 1. The maximum atomic E-state index is 13.0. The van der Waals surface area contributed by atoms with Crippen LogP contribution in [0.25, 0.3) is 0 Å². The van der Waals surface area contributed by atoms with Gasteiger partial charge in [-0.1, -0.05) is 19.1 Å². The average molecular weight is 339 g/mol. The Morgan fingerprint density at radius 3 is 2.76 bits per heavy atom. The Labute approximate surface area is 148 Å². The topological polar surface area (TPSA) is 46.6 Å². The molecule has 4 aliphatic rings. The summed E-state index contributed by atoms with van der Waals surface area (Å²) in [6.07, 6.45) is 4.58. The summed E-state index contributed by atoms with van der Waals surface area (Å²) < 4.78 is 6.40. The molecule has 0 radical (unpaired) electrons. The summed E-state index contributed by atoms with van der Waals surface area (Å²) in [6.45, 7) is 4.05. The molecular formula is C21H25NO3. The summed E-state index contributed by atoms with van der Waals surface area (Å²) in [7, 11) is 0. The second kappa shape index (κ2) is 5.33. The van der Waals surface area contributed by atoms with Gasteiger partial charge in [-0.3, -0.25) is 9.59 Å². The highest BCUT2D eigenvalue weighted by Gasteiger charge is 2.71. The number of piperidine rings is 1. The standard InChI is InChI=1S/C21H25NO3/c1-13-7-10-22(11-8-13)20(24)18-15-6-9-21(19(15)18)12-16(23)14-4-2-3-5-17(14)25-21/h2-5,13,15,18-19H,6-12H2,1H3/t15-,18+,19+,21-/m1/s1. The third-order valence-electron chi connectivity index (χ3n) is 7.02. The van der Waals surface area contributed by atoms with Crippen molar-refractivity contribution < 1.29 is 14.3 Å². The van der Waals surface area contributed by atoms with Crippen molar-refractivity contribution in [1.82, 2.24) is 4.90 Å². The molecule has 2 aliphatic carbocycles. The van der Waals surface area contributed by atoms with E-state index in [1.165, 1.54) is 0 Å². The highest BCUT2D eigenvalue weighted by Crippen LogP contribution is 2.66. The third kappa shape index (κ3) is 2.26. The van der Waals surface area contributed by atoms with Gasteiger partial charge in [-0.15, -0.1) is 0 Å². The zero-order chi connectivity index (χ0) is 17.2. The molecule has 5 rings (SSSR count).